The molecule has 0 bridgehead atoms. The van der Waals surface area contributed by atoms with Gasteiger partial charge < -0.3 is 9.47 Å². The third-order valence-corrected chi connectivity index (χ3v) is 6.80. The van der Waals surface area contributed by atoms with E-state index in [2.05, 4.69) is 28.1 Å². The van der Waals surface area contributed by atoms with Gasteiger partial charge in [-0.15, -0.1) is 0 Å². The Kier molecular flexibility index (Phi) is 7.98. The van der Waals surface area contributed by atoms with Crippen LogP contribution >= 0.6 is 39.9 Å². The van der Waals surface area contributed by atoms with E-state index in [1.807, 2.05) is 44.2 Å². The van der Waals surface area contributed by atoms with Gasteiger partial charge in [0.15, 0.2) is 0 Å². The molecular formula is C22H24BrNO3S2. The fraction of sp³-hybridized carbons (Fsp3) is 0.364. The average Bonchev–Trinajstić information content (AvgIpc) is 2.97. The Bertz CT molecular complexity index is 876. The monoisotopic (exact) mass is 493 g/mol. The van der Waals surface area contributed by atoms with Crippen molar-refractivity contribution in [2.24, 2.45) is 0 Å². The van der Waals surface area contributed by atoms with Crippen LogP contribution in [0.25, 0.3) is 0 Å². The molecule has 1 saturated heterocycles. The lowest BCUT2D eigenvalue weighted by Gasteiger charge is -2.17. The van der Waals surface area contributed by atoms with E-state index < -0.39 is 0 Å². The highest BCUT2D eigenvalue weighted by Crippen LogP contribution is 2.37. The molecule has 1 heterocycles. The molecule has 7 heteroatoms. The number of benzene rings is 2. The van der Waals surface area contributed by atoms with E-state index in [9.17, 15) is 4.79 Å². The predicted octanol–water partition coefficient (Wildman–Crippen LogP) is 5.26. The van der Waals surface area contributed by atoms with Crippen LogP contribution in [-0.4, -0.2) is 40.1 Å². The molecule has 1 aliphatic heterocycles. The van der Waals surface area contributed by atoms with Crippen molar-refractivity contribution in [3.8, 4) is 11.5 Å². The maximum atomic E-state index is 13.0. The Hall–Kier alpha value is -1.57. The molecular weight excluding hydrogens is 470 g/mol. The predicted molar refractivity (Wildman–Crippen MR) is 126 cm³/mol. The minimum atomic E-state index is -0.234. The molecule has 1 amide bonds. The molecule has 2 aromatic rings. The number of thioether (sulfide) groups is 1. The number of hydrogen-bond acceptors (Lipinski definition) is 5. The maximum Gasteiger partial charge on any atom is 0.241 e. The van der Waals surface area contributed by atoms with Crippen molar-refractivity contribution < 1.29 is 14.3 Å². The number of amides is 1. The summed E-state index contributed by atoms with van der Waals surface area (Å²) in [4.78, 5) is 14.7. The van der Waals surface area contributed by atoms with Crippen LogP contribution in [-0.2, 0) is 17.6 Å². The van der Waals surface area contributed by atoms with Crippen molar-refractivity contribution >= 4 is 50.1 Å². The van der Waals surface area contributed by atoms with Crippen molar-refractivity contribution in [2.45, 2.75) is 31.9 Å². The number of hydrogen-bond donors (Lipinski definition) is 0. The highest BCUT2D eigenvalue weighted by Gasteiger charge is 2.37. The average molecular weight is 494 g/mol. The molecule has 4 nitrogen and oxygen atoms in total. The van der Waals surface area contributed by atoms with Gasteiger partial charge in [0.2, 0.25) is 5.91 Å². The fourth-order valence-electron chi connectivity index (χ4n) is 3.21. The number of rotatable bonds is 9. The highest BCUT2D eigenvalue weighted by atomic mass is 79.9. The minimum Gasteiger partial charge on any atom is -0.493 e. The molecule has 1 aliphatic rings. The standard InChI is InChI=1S/C22H24BrNO3S2/c1-3-26-18-14-19(27-4-2)17(23)12-16(18)13-20-21(25)24(22(28)29-20)11-10-15-8-6-5-7-9-15/h5-9,12,14,20H,3-4,10-11,13H2,1-2H3/t20-/m1/s1. The van der Waals surface area contributed by atoms with E-state index in [0.717, 1.165) is 28.0 Å². The van der Waals surface area contributed by atoms with Crippen molar-refractivity contribution in [3.63, 3.8) is 0 Å². The summed E-state index contributed by atoms with van der Waals surface area (Å²) in [5.74, 6) is 1.56. The third kappa shape index (κ3) is 5.53. The lowest BCUT2D eigenvalue weighted by Crippen LogP contribution is -2.33. The second kappa shape index (κ2) is 10.5. The number of ether oxygens (including phenoxy) is 2. The Labute approximate surface area is 190 Å². The van der Waals surface area contributed by atoms with E-state index in [1.54, 1.807) is 4.90 Å². The summed E-state index contributed by atoms with van der Waals surface area (Å²) in [5, 5.41) is -0.234. The summed E-state index contributed by atoms with van der Waals surface area (Å²) in [6.45, 7) is 5.62. The number of halogens is 1. The Morgan fingerprint density at radius 1 is 1.10 bits per heavy atom. The second-order valence-corrected chi connectivity index (χ2v) is 9.25. The lowest BCUT2D eigenvalue weighted by molar-refractivity contribution is -0.126. The Morgan fingerprint density at radius 3 is 2.48 bits per heavy atom. The van der Waals surface area contributed by atoms with E-state index in [1.165, 1.54) is 17.3 Å². The molecule has 1 atom stereocenters. The number of nitrogens with zero attached hydrogens (tertiary/aromatic N) is 1. The van der Waals surface area contributed by atoms with Gasteiger partial charge in [0.25, 0.3) is 0 Å². The Balaban J connectivity index is 1.72. The van der Waals surface area contributed by atoms with E-state index in [-0.39, 0.29) is 11.2 Å². The van der Waals surface area contributed by atoms with Crippen LogP contribution in [0, 0.1) is 0 Å². The van der Waals surface area contributed by atoms with Gasteiger partial charge in [0.05, 0.1) is 22.9 Å². The largest absolute Gasteiger partial charge is 0.493 e. The van der Waals surface area contributed by atoms with Crippen molar-refractivity contribution in [1.82, 2.24) is 4.90 Å². The summed E-state index contributed by atoms with van der Waals surface area (Å²) in [5.41, 5.74) is 2.17. The molecule has 0 N–H and O–H groups in total. The summed E-state index contributed by atoms with van der Waals surface area (Å²) >= 11 is 10.5. The highest BCUT2D eigenvalue weighted by molar-refractivity contribution is 9.10. The van der Waals surface area contributed by atoms with E-state index in [0.29, 0.717) is 30.5 Å². The zero-order chi connectivity index (χ0) is 20.8. The van der Waals surface area contributed by atoms with Gasteiger partial charge in [-0.1, -0.05) is 54.3 Å². The topological polar surface area (TPSA) is 38.8 Å². The van der Waals surface area contributed by atoms with E-state index in [4.69, 9.17) is 21.7 Å². The van der Waals surface area contributed by atoms with Crippen molar-refractivity contribution in [1.29, 1.82) is 0 Å². The first kappa shape index (κ1) is 22.1. The Morgan fingerprint density at radius 2 is 1.79 bits per heavy atom. The van der Waals surface area contributed by atoms with Gasteiger partial charge >= 0.3 is 0 Å². The second-order valence-electron chi connectivity index (χ2n) is 6.56. The van der Waals surface area contributed by atoms with E-state index >= 15 is 0 Å². The fourth-order valence-corrected chi connectivity index (χ4v) is 5.28. The van der Waals surface area contributed by atoms with Gasteiger partial charge in [-0.2, -0.15) is 0 Å². The molecule has 0 aromatic heterocycles. The molecule has 0 aliphatic carbocycles. The van der Waals surface area contributed by atoms with Gasteiger partial charge in [0.1, 0.15) is 15.8 Å². The van der Waals surface area contributed by atoms with Crippen LogP contribution in [0.5, 0.6) is 11.5 Å². The molecule has 0 radical (unpaired) electrons. The van der Waals surface area contributed by atoms with Gasteiger partial charge in [-0.3, -0.25) is 9.69 Å². The summed E-state index contributed by atoms with van der Waals surface area (Å²) < 4.78 is 13.0. The van der Waals surface area contributed by atoms with Crippen LogP contribution in [0.15, 0.2) is 46.9 Å². The molecule has 0 spiro atoms. The molecule has 0 saturated carbocycles. The van der Waals surface area contributed by atoms with Crippen LogP contribution in [0.2, 0.25) is 0 Å². The van der Waals surface area contributed by atoms with Crippen LogP contribution < -0.4 is 9.47 Å². The maximum absolute atomic E-state index is 13.0. The number of carbonyl (C=O) groups excluding carboxylic acids is 1. The molecule has 154 valence electrons. The third-order valence-electron chi connectivity index (χ3n) is 4.59. The normalized spacial score (nSPS) is 16.4. The van der Waals surface area contributed by atoms with Gasteiger partial charge in [-0.25, -0.2) is 0 Å². The summed E-state index contributed by atoms with van der Waals surface area (Å²) in [6.07, 6.45) is 1.35. The van der Waals surface area contributed by atoms with Crippen LogP contribution in [0.3, 0.4) is 0 Å². The molecule has 0 unspecified atom stereocenters. The first-order chi connectivity index (χ1) is 14.0. The smallest absolute Gasteiger partial charge is 0.241 e. The summed E-state index contributed by atoms with van der Waals surface area (Å²) in [7, 11) is 0. The van der Waals surface area contributed by atoms with Crippen molar-refractivity contribution in [2.75, 3.05) is 19.8 Å². The first-order valence-corrected chi connectivity index (χ1v) is 11.8. The lowest BCUT2D eigenvalue weighted by atomic mass is 10.1. The molecule has 2 aromatic carbocycles. The summed E-state index contributed by atoms with van der Waals surface area (Å²) in [6, 6.07) is 14.0. The van der Waals surface area contributed by atoms with Gasteiger partial charge in [-0.05, 0) is 59.8 Å². The number of carbonyl (C=O) groups is 1. The SMILES string of the molecule is CCOc1cc(OCC)c(C[C@H]2SC(=S)N(CCc3ccccc3)C2=O)cc1Br. The van der Waals surface area contributed by atoms with Crippen LogP contribution in [0.1, 0.15) is 25.0 Å². The van der Waals surface area contributed by atoms with Gasteiger partial charge in [0, 0.05) is 12.6 Å². The van der Waals surface area contributed by atoms with Crippen molar-refractivity contribution in [3.05, 3.63) is 58.1 Å². The molecule has 29 heavy (non-hydrogen) atoms. The zero-order valence-electron chi connectivity index (χ0n) is 16.5. The molecule has 3 rings (SSSR count). The zero-order valence-corrected chi connectivity index (χ0v) is 19.7. The minimum absolute atomic E-state index is 0.0726. The molecule has 1 fully saturated rings. The van der Waals surface area contributed by atoms with Crippen LogP contribution in [0.4, 0.5) is 0 Å². The number of thiocarbonyl (C=S) groups is 1. The first-order valence-electron chi connectivity index (χ1n) is 9.67. The quantitative estimate of drug-likeness (QED) is 0.445.